The van der Waals surface area contributed by atoms with Gasteiger partial charge in [0.05, 0.1) is 49.9 Å². The molecule has 2 N–H and O–H groups in total. The second-order valence-corrected chi connectivity index (χ2v) is 18.1. The predicted molar refractivity (Wildman–Crippen MR) is 270 cm³/mol. The standard InChI is InChI=1S/C54H94N4O6/c1-9-13-17-21-25-29-39-61-47-33-35-51(63-41-31-27-23-19-15-11-3)49(43-47)55-53(59)45(5)57(7)37-38-58(8)46(6)54(60)56-50-44-48(62-40-30-26-22-18-14-10-2)34-36-52(50)64-42-32-28-24-20-16-12-4/h33-36,43-46H,9-32,37-42H2,1-8H3,(H,55,59)(H,56,60). The molecule has 0 aromatic heterocycles. The van der Waals surface area contributed by atoms with Crippen molar-refractivity contribution in [3.8, 4) is 23.0 Å². The summed E-state index contributed by atoms with van der Waals surface area (Å²) in [6.45, 7) is 16.4. The van der Waals surface area contributed by atoms with E-state index in [1.54, 1.807) is 0 Å². The molecule has 2 atom stereocenters. The number of ether oxygens (including phenoxy) is 4. The maximum atomic E-state index is 13.8. The Labute approximate surface area is 391 Å². The highest BCUT2D eigenvalue weighted by molar-refractivity contribution is 5.96. The molecule has 0 bridgehead atoms. The second kappa shape index (κ2) is 36.7. The zero-order chi connectivity index (χ0) is 46.6. The van der Waals surface area contributed by atoms with Crippen LogP contribution >= 0.6 is 0 Å². The highest BCUT2D eigenvalue weighted by Crippen LogP contribution is 2.32. The van der Waals surface area contributed by atoms with Gasteiger partial charge in [-0.05, 0) is 77.9 Å². The number of nitrogens with one attached hydrogen (secondary N) is 2. The van der Waals surface area contributed by atoms with Gasteiger partial charge in [0.15, 0.2) is 0 Å². The van der Waals surface area contributed by atoms with Gasteiger partial charge in [0, 0.05) is 25.2 Å². The van der Waals surface area contributed by atoms with Crippen LogP contribution in [-0.2, 0) is 9.59 Å². The Kier molecular flexibility index (Phi) is 32.5. The van der Waals surface area contributed by atoms with E-state index in [9.17, 15) is 9.59 Å². The molecule has 0 saturated carbocycles. The van der Waals surface area contributed by atoms with Crippen molar-refractivity contribution in [1.82, 2.24) is 9.80 Å². The summed E-state index contributed by atoms with van der Waals surface area (Å²) >= 11 is 0. The first-order chi connectivity index (χ1) is 31.1. The largest absolute Gasteiger partial charge is 0.494 e. The third kappa shape index (κ3) is 25.3. The van der Waals surface area contributed by atoms with Crippen LogP contribution in [-0.4, -0.2) is 87.3 Å². The molecule has 2 rings (SSSR count). The van der Waals surface area contributed by atoms with Crippen LogP contribution in [0, 0.1) is 0 Å². The van der Waals surface area contributed by atoms with E-state index >= 15 is 0 Å². The lowest BCUT2D eigenvalue weighted by Crippen LogP contribution is -2.46. The first-order valence-corrected chi connectivity index (χ1v) is 26.0. The molecule has 0 heterocycles. The fourth-order valence-corrected chi connectivity index (χ4v) is 7.50. The van der Waals surface area contributed by atoms with E-state index < -0.39 is 12.1 Å². The lowest BCUT2D eigenvalue weighted by Gasteiger charge is -2.29. The van der Waals surface area contributed by atoms with Crippen LogP contribution in [0.1, 0.15) is 196 Å². The smallest absolute Gasteiger partial charge is 0.241 e. The molecule has 2 amide bonds. The van der Waals surface area contributed by atoms with Crippen LogP contribution < -0.4 is 29.6 Å². The van der Waals surface area contributed by atoms with Crippen molar-refractivity contribution in [2.45, 2.75) is 208 Å². The summed E-state index contributed by atoms with van der Waals surface area (Å²) in [6.07, 6.45) is 28.6. The molecule has 366 valence electrons. The minimum atomic E-state index is -0.429. The summed E-state index contributed by atoms with van der Waals surface area (Å²) in [5.41, 5.74) is 1.26. The van der Waals surface area contributed by atoms with Crippen molar-refractivity contribution in [3.05, 3.63) is 36.4 Å². The molecule has 0 radical (unpaired) electrons. The van der Waals surface area contributed by atoms with Crippen LogP contribution in [0.3, 0.4) is 0 Å². The summed E-state index contributed by atoms with van der Waals surface area (Å²) in [4.78, 5) is 31.6. The minimum Gasteiger partial charge on any atom is -0.494 e. The number of hydrogen-bond acceptors (Lipinski definition) is 8. The van der Waals surface area contributed by atoms with E-state index in [0.29, 0.717) is 62.4 Å². The number of amides is 2. The van der Waals surface area contributed by atoms with Gasteiger partial charge >= 0.3 is 0 Å². The fourth-order valence-electron chi connectivity index (χ4n) is 7.50. The predicted octanol–water partition coefficient (Wildman–Crippen LogP) is 13.9. The second-order valence-electron chi connectivity index (χ2n) is 18.1. The van der Waals surface area contributed by atoms with E-state index in [-0.39, 0.29) is 11.8 Å². The summed E-state index contributed by atoms with van der Waals surface area (Å²) in [5, 5.41) is 6.32. The van der Waals surface area contributed by atoms with Crippen molar-refractivity contribution in [2.24, 2.45) is 0 Å². The van der Waals surface area contributed by atoms with Gasteiger partial charge in [-0.3, -0.25) is 19.4 Å². The Balaban J connectivity index is 2.01. The number of rotatable bonds is 41. The molecule has 2 aromatic rings. The molecule has 0 fully saturated rings. The van der Waals surface area contributed by atoms with Gasteiger partial charge in [-0.1, -0.05) is 156 Å². The highest BCUT2D eigenvalue weighted by atomic mass is 16.5. The molecule has 0 aliphatic heterocycles. The number of carbonyl (C=O) groups is 2. The maximum absolute atomic E-state index is 13.8. The molecule has 2 unspecified atom stereocenters. The molecule has 64 heavy (non-hydrogen) atoms. The van der Waals surface area contributed by atoms with Crippen LogP contribution in [0.2, 0.25) is 0 Å². The number of likely N-dealkylation sites (N-methyl/N-ethyl adjacent to an activating group) is 2. The molecule has 0 aliphatic rings. The molecular formula is C54H94N4O6. The van der Waals surface area contributed by atoms with E-state index in [0.717, 1.165) is 62.9 Å². The summed E-state index contributed by atoms with van der Waals surface area (Å²) in [7, 11) is 3.89. The van der Waals surface area contributed by atoms with E-state index in [2.05, 4.69) is 38.3 Å². The SMILES string of the molecule is CCCCCCCCOc1ccc(OCCCCCCCC)c(NC(=O)C(C)N(C)CCN(C)C(C)C(=O)Nc2cc(OCCCCCCCC)ccc2OCCCCCCCC)c1. The van der Waals surface area contributed by atoms with Gasteiger partial charge in [0.1, 0.15) is 23.0 Å². The van der Waals surface area contributed by atoms with Crippen molar-refractivity contribution in [1.29, 1.82) is 0 Å². The van der Waals surface area contributed by atoms with Gasteiger partial charge < -0.3 is 29.6 Å². The Morgan fingerprint density at radius 2 is 0.719 bits per heavy atom. The topological polar surface area (TPSA) is 102 Å². The molecule has 10 heteroatoms. The third-order valence-electron chi connectivity index (χ3n) is 12.3. The highest BCUT2D eigenvalue weighted by Gasteiger charge is 2.24. The van der Waals surface area contributed by atoms with Crippen LogP contribution in [0.4, 0.5) is 11.4 Å². The summed E-state index contributed by atoms with van der Waals surface area (Å²) in [5.74, 6) is 2.54. The zero-order valence-corrected chi connectivity index (χ0v) is 42.2. The van der Waals surface area contributed by atoms with Gasteiger partial charge in [0.25, 0.3) is 0 Å². The van der Waals surface area contributed by atoms with Crippen molar-refractivity contribution < 1.29 is 28.5 Å². The van der Waals surface area contributed by atoms with Crippen LogP contribution in [0.15, 0.2) is 36.4 Å². The van der Waals surface area contributed by atoms with Crippen molar-refractivity contribution in [3.63, 3.8) is 0 Å². The number of hydrogen-bond donors (Lipinski definition) is 2. The number of unbranched alkanes of at least 4 members (excludes halogenated alkanes) is 20. The average molecular weight is 895 g/mol. The van der Waals surface area contributed by atoms with Gasteiger partial charge in [-0.2, -0.15) is 0 Å². The van der Waals surface area contributed by atoms with Crippen molar-refractivity contribution in [2.75, 3.05) is 64.2 Å². The summed E-state index contributed by atoms with van der Waals surface area (Å²) in [6, 6.07) is 10.7. The van der Waals surface area contributed by atoms with E-state index in [4.69, 9.17) is 18.9 Å². The number of nitrogens with zero attached hydrogens (tertiary/aromatic N) is 2. The average Bonchev–Trinajstić information content (AvgIpc) is 3.29. The quantitative estimate of drug-likeness (QED) is 0.0637. The Morgan fingerprint density at radius 1 is 0.438 bits per heavy atom. The zero-order valence-electron chi connectivity index (χ0n) is 42.2. The normalized spacial score (nSPS) is 12.3. The third-order valence-corrected chi connectivity index (χ3v) is 12.3. The van der Waals surface area contributed by atoms with Gasteiger partial charge in [-0.15, -0.1) is 0 Å². The molecule has 0 aliphatic carbocycles. The first kappa shape index (κ1) is 56.6. The lowest BCUT2D eigenvalue weighted by molar-refractivity contribution is -0.122. The summed E-state index contributed by atoms with van der Waals surface area (Å²) < 4.78 is 24.7. The maximum Gasteiger partial charge on any atom is 0.241 e. The van der Waals surface area contributed by atoms with Crippen LogP contribution in [0.25, 0.3) is 0 Å². The molecule has 2 aromatic carbocycles. The Morgan fingerprint density at radius 3 is 1.03 bits per heavy atom. The first-order valence-electron chi connectivity index (χ1n) is 26.0. The number of carbonyl (C=O) groups excluding carboxylic acids is 2. The van der Waals surface area contributed by atoms with Gasteiger partial charge in [0.2, 0.25) is 11.8 Å². The minimum absolute atomic E-state index is 0.125. The monoisotopic (exact) mass is 895 g/mol. The molecule has 0 saturated heterocycles. The lowest BCUT2D eigenvalue weighted by atomic mass is 10.1. The Bertz CT molecular complexity index is 1380. The number of benzene rings is 2. The molecular weight excluding hydrogens is 801 g/mol. The van der Waals surface area contributed by atoms with Crippen molar-refractivity contribution >= 4 is 23.2 Å². The Hall–Kier alpha value is -3.50. The van der Waals surface area contributed by atoms with E-state index in [1.807, 2.05) is 74.1 Å². The van der Waals surface area contributed by atoms with Crippen LogP contribution in [0.5, 0.6) is 23.0 Å². The molecule has 0 spiro atoms. The number of anilines is 2. The van der Waals surface area contributed by atoms with Gasteiger partial charge in [-0.25, -0.2) is 0 Å². The fraction of sp³-hybridized carbons (Fsp3) is 0.741. The molecule has 10 nitrogen and oxygen atoms in total. The van der Waals surface area contributed by atoms with E-state index in [1.165, 1.54) is 103 Å².